The molecular formula is C21H20N6O. The Hall–Kier alpha value is -3.32. The largest absolute Gasteiger partial charge is 0.337 e. The molecule has 0 amide bonds. The number of rotatable bonds is 5. The molecule has 1 saturated heterocycles. The van der Waals surface area contributed by atoms with Crippen LogP contribution in [0.3, 0.4) is 0 Å². The Morgan fingerprint density at radius 1 is 1.07 bits per heavy atom. The number of nitrogens with zero attached hydrogens (tertiary/aromatic N) is 6. The summed E-state index contributed by atoms with van der Waals surface area (Å²) in [6, 6.07) is 14.1. The number of hydrogen-bond acceptors (Lipinski definition) is 6. The molecule has 0 saturated carbocycles. The molecule has 0 N–H and O–H groups in total. The molecule has 0 aromatic carbocycles. The summed E-state index contributed by atoms with van der Waals surface area (Å²) in [5.41, 5.74) is 2.06. The number of hydrogen-bond donors (Lipinski definition) is 0. The Morgan fingerprint density at radius 2 is 2.07 bits per heavy atom. The van der Waals surface area contributed by atoms with Crippen LogP contribution in [0.2, 0.25) is 0 Å². The first-order valence-electron chi connectivity index (χ1n) is 9.44. The van der Waals surface area contributed by atoms with Crippen LogP contribution in [0.4, 0.5) is 0 Å². The van der Waals surface area contributed by atoms with E-state index in [0.717, 1.165) is 37.3 Å². The summed E-state index contributed by atoms with van der Waals surface area (Å²) in [5, 5.41) is 4.16. The van der Waals surface area contributed by atoms with E-state index in [1.807, 2.05) is 36.5 Å². The molecule has 1 atom stereocenters. The highest BCUT2D eigenvalue weighted by atomic mass is 16.5. The first-order chi connectivity index (χ1) is 13.9. The van der Waals surface area contributed by atoms with E-state index in [1.165, 1.54) is 5.69 Å². The summed E-state index contributed by atoms with van der Waals surface area (Å²) in [6.07, 6.45) is 9.48. The molecule has 0 bridgehead atoms. The van der Waals surface area contributed by atoms with E-state index in [1.54, 1.807) is 12.4 Å². The van der Waals surface area contributed by atoms with E-state index < -0.39 is 0 Å². The Morgan fingerprint density at radius 3 is 2.93 bits per heavy atom. The van der Waals surface area contributed by atoms with Crippen molar-refractivity contribution in [1.29, 1.82) is 0 Å². The maximum absolute atomic E-state index is 5.62. The van der Waals surface area contributed by atoms with Crippen LogP contribution in [0.15, 0.2) is 71.8 Å². The topological polar surface area (TPSA) is 72.9 Å². The van der Waals surface area contributed by atoms with Crippen molar-refractivity contribution in [3.63, 3.8) is 0 Å². The van der Waals surface area contributed by atoms with Crippen molar-refractivity contribution >= 4 is 0 Å². The predicted octanol–water partition coefficient (Wildman–Crippen LogP) is 3.65. The summed E-state index contributed by atoms with van der Waals surface area (Å²) in [6.45, 7) is 1.81. The lowest BCUT2D eigenvalue weighted by Gasteiger charge is -2.22. The highest BCUT2D eigenvalue weighted by Gasteiger charge is 2.31. The van der Waals surface area contributed by atoms with Crippen molar-refractivity contribution in [2.45, 2.75) is 25.4 Å². The summed E-state index contributed by atoms with van der Waals surface area (Å²) in [4.78, 5) is 15.6. The standard InChI is InChI=1S/C21H20N6O/c1-2-11-23-19(9-1)27-13-4-7-17(27)15-26-12-5-8-18(26)21-24-20(25-28-21)16-6-3-10-22-14-16/h1-4,6-7,9-11,13-14,18H,5,8,12,15H2. The molecule has 1 unspecified atom stereocenters. The van der Waals surface area contributed by atoms with E-state index in [0.29, 0.717) is 11.7 Å². The minimum atomic E-state index is 0.130. The van der Waals surface area contributed by atoms with Gasteiger partial charge in [0.25, 0.3) is 0 Å². The van der Waals surface area contributed by atoms with Gasteiger partial charge in [-0.05, 0) is 55.8 Å². The molecule has 0 aliphatic carbocycles. The van der Waals surface area contributed by atoms with E-state index in [9.17, 15) is 0 Å². The second kappa shape index (κ2) is 7.36. The van der Waals surface area contributed by atoms with Crippen molar-refractivity contribution in [2.75, 3.05) is 6.54 Å². The zero-order chi connectivity index (χ0) is 18.8. The zero-order valence-corrected chi connectivity index (χ0v) is 15.3. The second-order valence-corrected chi connectivity index (χ2v) is 6.88. The fourth-order valence-electron chi connectivity index (χ4n) is 3.75. The van der Waals surface area contributed by atoms with Crippen LogP contribution < -0.4 is 0 Å². The lowest BCUT2D eigenvalue weighted by molar-refractivity contribution is 0.198. The predicted molar refractivity (Wildman–Crippen MR) is 103 cm³/mol. The average Bonchev–Trinajstić information content (AvgIpc) is 3.50. The molecule has 0 spiro atoms. The van der Waals surface area contributed by atoms with Crippen LogP contribution in [0, 0.1) is 0 Å². The monoisotopic (exact) mass is 372 g/mol. The van der Waals surface area contributed by atoms with Gasteiger partial charge in [-0.25, -0.2) is 4.98 Å². The van der Waals surface area contributed by atoms with Crippen molar-refractivity contribution in [3.8, 4) is 17.2 Å². The Kier molecular flexibility index (Phi) is 4.42. The molecule has 4 aromatic heterocycles. The zero-order valence-electron chi connectivity index (χ0n) is 15.3. The quantitative estimate of drug-likeness (QED) is 0.532. The van der Waals surface area contributed by atoms with Gasteiger partial charge in [-0.2, -0.15) is 4.98 Å². The third kappa shape index (κ3) is 3.20. The van der Waals surface area contributed by atoms with Crippen LogP contribution in [0.1, 0.15) is 30.5 Å². The number of pyridine rings is 2. The van der Waals surface area contributed by atoms with Gasteiger partial charge in [-0.15, -0.1) is 0 Å². The van der Waals surface area contributed by atoms with Crippen LogP contribution in [0.25, 0.3) is 17.2 Å². The summed E-state index contributed by atoms with van der Waals surface area (Å²) >= 11 is 0. The third-order valence-corrected chi connectivity index (χ3v) is 5.10. The van der Waals surface area contributed by atoms with Gasteiger partial charge in [-0.1, -0.05) is 11.2 Å². The highest BCUT2D eigenvalue weighted by Crippen LogP contribution is 2.33. The van der Waals surface area contributed by atoms with Gasteiger partial charge >= 0.3 is 0 Å². The fraction of sp³-hybridized carbons (Fsp3) is 0.238. The molecule has 1 fully saturated rings. The average molecular weight is 372 g/mol. The Balaban J connectivity index is 1.38. The maximum Gasteiger partial charge on any atom is 0.244 e. The molecule has 1 aliphatic heterocycles. The van der Waals surface area contributed by atoms with Crippen molar-refractivity contribution in [1.82, 2.24) is 29.6 Å². The van der Waals surface area contributed by atoms with E-state index in [4.69, 9.17) is 4.52 Å². The van der Waals surface area contributed by atoms with E-state index >= 15 is 0 Å². The van der Waals surface area contributed by atoms with Gasteiger partial charge in [0.1, 0.15) is 5.82 Å². The third-order valence-electron chi connectivity index (χ3n) is 5.10. The van der Waals surface area contributed by atoms with E-state index in [-0.39, 0.29) is 6.04 Å². The van der Waals surface area contributed by atoms with Crippen LogP contribution in [-0.4, -0.2) is 36.1 Å². The molecule has 4 aromatic rings. The van der Waals surface area contributed by atoms with Gasteiger partial charge in [0, 0.05) is 42.6 Å². The van der Waals surface area contributed by atoms with Crippen LogP contribution in [-0.2, 0) is 6.54 Å². The SMILES string of the molecule is c1ccc(-n2cccc2CN2CCCC2c2nc(-c3cccnc3)no2)nc1. The summed E-state index contributed by atoms with van der Waals surface area (Å²) in [7, 11) is 0. The lowest BCUT2D eigenvalue weighted by Crippen LogP contribution is -2.24. The highest BCUT2D eigenvalue weighted by molar-refractivity contribution is 5.51. The molecule has 5 rings (SSSR count). The smallest absolute Gasteiger partial charge is 0.244 e. The number of likely N-dealkylation sites (tertiary alicyclic amines) is 1. The molecule has 28 heavy (non-hydrogen) atoms. The second-order valence-electron chi connectivity index (χ2n) is 6.88. The lowest BCUT2D eigenvalue weighted by atomic mass is 10.2. The summed E-state index contributed by atoms with van der Waals surface area (Å²) < 4.78 is 7.75. The Bertz CT molecular complexity index is 1040. The van der Waals surface area contributed by atoms with Gasteiger partial charge in [-0.3, -0.25) is 9.88 Å². The maximum atomic E-state index is 5.62. The van der Waals surface area contributed by atoms with Gasteiger partial charge < -0.3 is 9.09 Å². The molecule has 7 heteroatoms. The molecule has 140 valence electrons. The van der Waals surface area contributed by atoms with Crippen molar-refractivity contribution < 1.29 is 4.52 Å². The summed E-state index contributed by atoms with van der Waals surface area (Å²) in [5.74, 6) is 2.19. The Labute approximate surface area is 162 Å². The van der Waals surface area contributed by atoms with Gasteiger partial charge in [0.05, 0.1) is 6.04 Å². The van der Waals surface area contributed by atoms with Crippen LogP contribution >= 0.6 is 0 Å². The first kappa shape index (κ1) is 16.8. The molecule has 1 aliphatic rings. The van der Waals surface area contributed by atoms with Crippen molar-refractivity contribution in [3.05, 3.63) is 78.8 Å². The van der Waals surface area contributed by atoms with Gasteiger partial charge in [0.15, 0.2) is 0 Å². The number of aromatic nitrogens is 5. The normalized spacial score (nSPS) is 17.2. The minimum absolute atomic E-state index is 0.130. The first-order valence-corrected chi connectivity index (χ1v) is 9.44. The van der Waals surface area contributed by atoms with Crippen molar-refractivity contribution in [2.24, 2.45) is 0 Å². The fourth-order valence-corrected chi connectivity index (χ4v) is 3.75. The van der Waals surface area contributed by atoms with Crippen LogP contribution in [0.5, 0.6) is 0 Å². The van der Waals surface area contributed by atoms with E-state index in [2.05, 4.69) is 47.9 Å². The molecule has 5 heterocycles. The molecule has 0 radical (unpaired) electrons. The van der Waals surface area contributed by atoms with Gasteiger partial charge in [0.2, 0.25) is 11.7 Å². The molecular weight excluding hydrogens is 352 g/mol. The molecule has 7 nitrogen and oxygen atoms in total. The minimum Gasteiger partial charge on any atom is -0.337 e.